The van der Waals surface area contributed by atoms with Crippen molar-refractivity contribution >= 4 is 10.1 Å². The summed E-state index contributed by atoms with van der Waals surface area (Å²) >= 11 is 0. The lowest BCUT2D eigenvalue weighted by molar-refractivity contribution is 0.483. The van der Waals surface area contributed by atoms with Crippen LogP contribution in [0.4, 0.5) is 0 Å². The van der Waals surface area contributed by atoms with E-state index in [1.54, 1.807) is 12.1 Å². The Morgan fingerprint density at radius 3 is 2.11 bits per heavy atom. The molecule has 0 aliphatic carbocycles. The first-order valence-electron chi connectivity index (χ1n) is 5.53. The van der Waals surface area contributed by atoms with Crippen molar-refractivity contribution in [2.75, 3.05) is 0 Å². The molecule has 0 aliphatic heterocycles. The zero-order chi connectivity index (χ0) is 13.3. The topological polar surface area (TPSA) is 54.4 Å². The van der Waals surface area contributed by atoms with E-state index in [9.17, 15) is 8.42 Å². The van der Waals surface area contributed by atoms with E-state index >= 15 is 0 Å². The fourth-order valence-electron chi connectivity index (χ4n) is 1.85. The summed E-state index contributed by atoms with van der Waals surface area (Å²) in [5, 5.41) is 0. The predicted octanol–water partition coefficient (Wildman–Crippen LogP) is 3.22. The number of benzene rings is 2. The first-order valence-corrected chi connectivity index (χ1v) is 6.97. The summed E-state index contributed by atoms with van der Waals surface area (Å²) in [6.45, 7) is 4.01. The normalized spacial score (nSPS) is 11.5. The maximum atomic E-state index is 11.0. The lowest BCUT2D eigenvalue weighted by Crippen LogP contribution is -1.97. The van der Waals surface area contributed by atoms with Crippen LogP contribution in [0.25, 0.3) is 11.1 Å². The molecule has 4 heteroatoms. The molecule has 3 nitrogen and oxygen atoms in total. The van der Waals surface area contributed by atoms with Gasteiger partial charge in [-0.25, -0.2) is 0 Å². The molecule has 2 rings (SSSR count). The van der Waals surface area contributed by atoms with Crippen molar-refractivity contribution in [3.8, 4) is 11.1 Å². The summed E-state index contributed by atoms with van der Waals surface area (Å²) in [7, 11) is -4.12. The van der Waals surface area contributed by atoms with Crippen molar-refractivity contribution in [2.24, 2.45) is 0 Å². The second-order valence-corrected chi connectivity index (χ2v) is 5.74. The van der Waals surface area contributed by atoms with Crippen LogP contribution in [0, 0.1) is 13.8 Å². The molecular weight excluding hydrogens is 248 g/mol. The maximum Gasteiger partial charge on any atom is 0.294 e. The summed E-state index contributed by atoms with van der Waals surface area (Å²) in [4.78, 5) is -0.0865. The van der Waals surface area contributed by atoms with E-state index in [1.165, 1.54) is 12.1 Å². The van der Waals surface area contributed by atoms with E-state index in [-0.39, 0.29) is 4.90 Å². The lowest BCUT2D eigenvalue weighted by Gasteiger charge is -2.07. The smallest absolute Gasteiger partial charge is 0.282 e. The van der Waals surface area contributed by atoms with Gasteiger partial charge in [-0.1, -0.05) is 35.9 Å². The molecule has 0 fully saturated rings. The van der Waals surface area contributed by atoms with Gasteiger partial charge in [0.15, 0.2) is 0 Å². The number of hydrogen-bond donors (Lipinski definition) is 1. The second kappa shape index (κ2) is 4.55. The van der Waals surface area contributed by atoms with Crippen LogP contribution in [-0.2, 0) is 10.1 Å². The standard InChI is InChI=1S/C14H14O3S/c1-10-3-4-11(2)14(9-10)12-5-7-13(8-6-12)18(15,16)17/h3-9H,1-2H3,(H,15,16,17). The van der Waals surface area contributed by atoms with Gasteiger partial charge in [0.25, 0.3) is 10.1 Å². The third kappa shape index (κ3) is 2.60. The Hall–Kier alpha value is -1.65. The Morgan fingerprint density at radius 2 is 1.56 bits per heavy atom. The van der Waals surface area contributed by atoms with Crippen LogP contribution in [-0.4, -0.2) is 13.0 Å². The van der Waals surface area contributed by atoms with Gasteiger partial charge in [0, 0.05) is 0 Å². The van der Waals surface area contributed by atoms with Gasteiger partial charge < -0.3 is 0 Å². The lowest BCUT2D eigenvalue weighted by atomic mass is 9.99. The van der Waals surface area contributed by atoms with Crippen molar-refractivity contribution in [3.63, 3.8) is 0 Å². The number of rotatable bonds is 2. The Bertz CT molecular complexity index is 671. The highest BCUT2D eigenvalue weighted by atomic mass is 32.2. The largest absolute Gasteiger partial charge is 0.294 e. The van der Waals surface area contributed by atoms with Gasteiger partial charge in [-0.3, -0.25) is 4.55 Å². The molecule has 0 radical (unpaired) electrons. The Morgan fingerprint density at radius 1 is 0.944 bits per heavy atom. The van der Waals surface area contributed by atoms with Gasteiger partial charge in [0.1, 0.15) is 0 Å². The first kappa shape index (κ1) is 12.8. The number of hydrogen-bond acceptors (Lipinski definition) is 2. The minimum absolute atomic E-state index is 0.0865. The molecule has 0 amide bonds. The molecule has 0 bridgehead atoms. The van der Waals surface area contributed by atoms with E-state index in [0.717, 1.165) is 22.3 Å². The van der Waals surface area contributed by atoms with Crippen molar-refractivity contribution in [2.45, 2.75) is 18.7 Å². The van der Waals surface area contributed by atoms with Crippen LogP contribution in [0.1, 0.15) is 11.1 Å². The van der Waals surface area contributed by atoms with Crippen LogP contribution < -0.4 is 0 Å². The van der Waals surface area contributed by atoms with Gasteiger partial charge in [0.2, 0.25) is 0 Å². The quantitative estimate of drug-likeness (QED) is 0.845. The van der Waals surface area contributed by atoms with Gasteiger partial charge in [0.05, 0.1) is 4.90 Å². The van der Waals surface area contributed by atoms with Gasteiger partial charge in [-0.15, -0.1) is 0 Å². The van der Waals surface area contributed by atoms with Crippen molar-refractivity contribution in [1.82, 2.24) is 0 Å². The van der Waals surface area contributed by atoms with Crippen LogP contribution in [0.15, 0.2) is 47.4 Å². The van der Waals surface area contributed by atoms with E-state index in [4.69, 9.17) is 4.55 Å². The summed E-state index contributed by atoms with van der Waals surface area (Å²) < 4.78 is 30.8. The monoisotopic (exact) mass is 262 g/mol. The Kier molecular flexibility index (Phi) is 3.24. The molecule has 0 atom stereocenters. The highest BCUT2D eigenvalue weighted by molar-refractivity contribution is 7.85. The van der Waals surface area contributed by atoms with Crippen molar-refractivity contribution in [1.29, 1.82) is 0 Å². The van der Waals surface area contributed by atoms with E-state index < -0.39 is 10.1 Å². The molecule has 1 N–H and O–H groups in total. The molecule has 18 heavy (non-hydrogen) atoms. The summed E-state index contributed by atoms with van der Waals surface area (Å²) in [5.74, 6) is 0. The second-order valence-electron chi connectivity index (χ2n) is 4.32. The first-order chi connectivity index (χ1) is 8.38. The molecule has 0 heterocycles. The van der Waals surface area contributed by atoms with E-state index in [2.05, 4.69) is 6.07 Å². The Balaban J connectivity index is 2.50. The van der Waals surface area contributed by atoms with Crippen LogP contribution in [0.5, 0.6) is 0 Å². The summed E-state index contributed by atoms with van der Waals surface area (Å²) in [5.41, 5.74) is 4.27. The third-order valence-corrected chi connectivity index (χ3v) is 3.72. The molecule has 94 valence electrons. The van der Waals surface area contributed by atoms with Crippen LogP contribution in [0.2, 0.25) is 0 Å². The van der Waals surface area contributed by atoms with Crippen molar-refractivity contribution < 1.29 is 13.0 Å². The minimum atomic E-state index is -4.12. The molecule has 0 spiro atoms. The molecule has 0 aliphatic rings. The molecule has 2 aromatic carbocycles. The molecule has 0 saturated heterocycles. The molecule has 0 aromatic heterocycles. The predicted molar refractivity (Wildman–Crippen MR) is 71.2 cm³/mol. The van der Waals surface area contributed by atoms with Crippen molar-refractivity contribution in [3.05, 3.63) is 53.6 Å². The summed E-state index contributed by atoms with van der Waals surface area (Å²) in [6.07, 6.45) is 0. The highest BCUT2D eigenvalue weighted by Crippen LogP contribution is 2.25. The van der Waals surface area contributed by atoms with Gasteiger partial charge in [-0.2, -0.15) is 8.42 Å². The van der Waals surface area contributed by atoms with Crippen LogP contribution in [0.3, 0.4) is 0 Å². The molecule has 0 unspecified atom stereocenters. The molecule has 2 aromatic rings. The maximum absolute atomic E-state index is 11.0. The highest BCUT2D eigenvalue weighted by Gasteiger charge is 2.09. The van der Waals surface area contributed by atoms with E-state index in [1.807, 2.05) is 26.0 Å². The molecule has 0 saturated carbocycles. The van der Waals surface area contributed by atoms with Gasteiger partial charge in [-0.05, 0) is 42.7 Å². The third-order valence-electron chi connectivity index (χ3n) is 2.86. The average molecular weight is 262 g/mol. The summed E-state index contributed by atoms with van der Waals surface area (Å²) in [6, 6.07) is 12.3. The fourth-order valence-corrected chi connectivity index (χ4v) is 2.33. The number of aryl methyl sites for hydroxylation is 2. The van der Waals surface area contributed by atoms with Gasteiger partial charge >= 0.3 is 0 Å². The van der Waals surface area contributed by atoms with E-state index in [0.29, 0.717) is 0 Å². The molecular formula is C14H14O3S. The average Bonchev–Trinajstić information content (AvgIpc) is 2.31. The van der Waals surface area contributed by atoms with Crippen LogP contribution >= 0.6 is 0 Å². The fraction of sp³-hybridized carbons (Fsp3) is 0.143. The minimum Gasteiger partial charge on any atom is -0.282 e. The zero-order valence-corrected chi connectivity index (χ0v) is 11.0. The SMILES string of the molecule is Cc1ccc(C)c(-c2ccc(S(=O)(=O)O)cc2)c1. The Labute approximate surface area is 107 Å². The zero-order valence-electron chi connectivity index (χ0n) is 10.2.